The average Bonchev–Trinajstić information content (AvgIpc) is 2.90. The van der Waals surface area contributed by atoms with Crippen LogP contribution in [-0.4, -0.2) is 56.8 Å². The van der Waals surface area contributed by atoms with Crippen molar-refractivity contribution in [3.05, 3.63) is 83.7 Å². The monoisotopic (exact) mass is 525 g/mol. The molecule has 1 aliphatic heterocycles. The Balaban J connectivity index is 1.59. The van der Waals surface area contributed by atoms with Crippen molar-refractivity contribution in [3.63, 3.8) is 0 Å². The van der Waals surface area contributed by atoms with Crippen LogP contribution in [0.2, 0.25) is 0 Å². The minimum Gasteiger partial charge on any atom is -0.482 e. The first kappa shape index (κ1) is 26.6. The Labute approximate surface area is 217 Å². The molecule has 196 valence electrons. The molecule has 10 heteroatoms. The molecule has 0 spiro atoms. The Morgan fingerprint density at radius 3 is 2.70 bits per heavy atom. The number of sulfonamides is 1. The molecule has 0 saturated carbocycles. The number of anilines is 1. The van der Waals surface area contributed by atoms with Crippen LogP contribution in [0.5, 0.6) is 5.75 Å². The molecule has 0 fully saturated rings. The summed E-state index contributed by atoms with van der Waals surface area (Å²) in [4.78, 5) is 16.0. The number of hydrogen-bond acceptors (Lipinski definition) is 8. The molecule has 0 amide bonds. The number of benzene rings is 2. The van der Waals surface area contributed by atoms with Gasteiger partial charge in [0.15, 0.2) is 6.61 Å². The summed E-state index contributed by atoms with van der Waals surface area (Å²) in [6.45, 7) is 4.05. The predicted molar refractivity (Wildman–Crippen MR) is 139 cm³/mol. The summed E-state index contributed by atoms with van der Waals surface area (Å²) in [6.07, 6.45) is 2.95. The molecule has 2 heterocycles. The topological polar surface area (TPSA) is 118 Å². The van der Waals surface area contributed by atoms with E-state index in [0.717, 1.165) is 11.1 Å². The number of rotatable bonds is 10. The van der Waals surface area contributed by atoms with Gasteiger partial charge >= 0.3 is 5.97 Å². The van der Waals surface area contributed by atoms with E-state index in [4.69, 9.17) is 9.47 Å². The van der Waals surface area contributed by atoms with E-state index in [1.165, 1.54) is 4.31 Å². The van der Waals surface area contributed by atoms with Gasteiger partial charge < -0.3 is 19.9 Å². The summed E-state index contributed by atoms with van der Waals surface area (Å²) in [5, 5.41) is 13.9. The van der Waals surface area contributed by atoms with Crippen molar-refractivity contribution in [3.8, 4) is 5.75 Å². The summed E-state index contributed by atoms with van der Waals surface area (Å²) in [7, 11) is -3.86. The average molecular weight is 526 g/mol. The zero-order valence-electron chi connectivity index (χ0n) is 20.8. The molecular formula is C27H31N3O6S. The van der Waals surface area contributed by atoms with Crippen molar-refractivity contribution in [2.75, 3.05) is 30.6 Å². The van der Waals surface area contributed by atoms with Gasteiger partial charge in [-0.15, -0.1) is 0 Å². The summed E-state index contributed by atoms with van der Waals surface area (Å²) in [6, 6.07) is 15.1. The molecule has 2 aromatic carbocycles. The lowest BCUT2D eigenvalue weighted by atomic mass is 9.99. The van der Waals surface area contributed by atoms with Gasteiger partial charge in [0.05, 0.1) is 29.8 Å². The van der Waals surface area contributed by atoms with Crippen LogP contribution in [0.1, 0.15) is 29.7 Å². The molecule has 37 heavy (non-hydrogen) atoms. The number of carbonyl (C=O) groups excluding carboxylic acids is 1. The van der Waals surface area contributed by atoms with E-state index >= 15 is 0 Å². The van der Waals surface area contributed by atoms with Crippen molar-refractivity contribution in [2.24, 2.45) is 0 Å². The van der Waals surface area contributed by atoms with Gasteiger partial charge in [-0.05, 0) is 62.2 Å². The minimum atomic E-state index is -3.86. The maximum Gasteiger partial charge on any atom is 0.344 e. The highest BCUT2D eigenvalue weighted by Crippen LogP contribution is 2.35. The maximum absolute atomic E-state index is 13.7. The van der Waals surface area contributed by atoms with E-state index < -0.39 is 22.1 Å². The lowest BCUT2D eigenvalue weighted by molar-refractivity contribution is -0.145. The first-order valence-corrected chi connectivity index (χ1v) is 13.5. The third-order valence-electron chi connectivity index (χ3n) is 6.11. The third-order valence-corrected chi connectivity index (χ3v) is 7.91. The quantitative estimate of drug-likeness (QED) is 0.388. The van der Waals surface area contributed by atoms with Crippen molar-refractivity contribution >= 4 is 21.7 Å². The molecule has 1 aliphatic rings. The van der Waals surface area contributed by atoms with Crippen molar-refractivity contribution in [1.29, 1.82) is 0 Å². The van der Waals surface area contributed by atoms with Crippen molar-refractivity contribution in [1.82, 2.24) is 10.3 Å². The number of fused-ring (bicyclic) bond motifs is 1. The normalized spacial score (nSPS) is 16.1. The Morgan fingerprint density at radius 1 is 1.22 bits per heavy atom. The van der Waals surface area contributed by atoms with E-state index in [-0.39, 0.29) is 37.2 Å². The summed E-state index contributed by atoms with van der Waals surface area (Å²) in [5.74, 6) is -0.0386. The molecule has 0 saturated heterocycles. The number of aryl methyl sites for hydroxylation is 1. The van der Waals surface area contributed by atoms with Gasteiger partial charge in [0.25, 0.3) is 10.0 Å². The second-order valence-corrected chi connectivity index (χ2v) is 10.7. The molecule has 1 unspecified atom stereocenters. The van der Waals surface area contributed by atoms with Gasteiger partial charge in [-0.25, -0.2) is 13.2 Å². The lowest BCUT2D eigenvalue weighted by Gasteiger charge is -2.36. The molecule has 3 aromatic rings. The standard InChI is InChI=1S/C27H31N3O6S/c1-3-35-27(32)18-36-23-8-11-25-21(14-23)13-22(29-16-26(31)20-5-4-12-28-15-20)17-30(25)37(33,34)24-9-6-19(2)7-10-24/h4-12,14-15,22,26,29,31H,3,13,16-18H2,1-2H3/t22?,26-/m0/s1. The fraction of sp³-hybridized carbons (Fsp3) is 0.333. The highest BCUT2D eigenvalue weighted by atomic mass is 32.2. The van der Waals surface area contributed by atoms with Gasteiger partial charge in [0, 0.05) is 30.5 Å². The predicted octanol–water partition coefficient (Wildman–Crippen LogP) is 2.78. The molecule has 9 nitrogen and oxygen atoms in total. The minimum absolute atomic E-state index is 0.187. The number of aliphatic hydroxyl groups is 1. The highest BCUT2D eigenvalue weighted by molar-refractivity contribution is 7.92. The van der Waals surface area contributed by atoms with Crippen LogP contribution in [0.3, 0.4) is 0 Å². The van der Waals surface area contributed by atoms with E-state index in [1.807, 2.05) is 6.92 Å². The number of aromatic nitrogens is 1. The van der Waals surface area contributed by atoms with Crippen LogP contribution in [0, 0.1) is 6.92 Å². The van der Waals surface area contributed by atoms with Crippen LogP contribution in [-0.2, 0) is 26.0 Å². The highest BCUT2D eigenvalue weighted by Gasteiger charge is 2.34. The second kappa shape index (κ2) is 11.7. The first-order valence-electron chi connectivity index (χ1n) is 12.1. The van der Waals surface area contributed by atoms with Gasteiger partial charge in [0.2, 0.25) is 0 Å². The van der Waals surface area contributed by atoms with Crippen LogP contribution in [0.15, 0.2) is 71.9 Å². The van der Waals surface area contributed by atoms with Crippen molar-refractivity contribution < 1.29 is 27.8 Å². The van der Waals surface area contributed by atoms with Crippen LogP contribution >= 0.6 is 0 Å². The van der Waals surface area contributed by atoms with Gasteiger partial charge in [-0.1, -0.05) is 23.8 Å². The number of esters is 1. The molecule has 0 aliphatic carbocycles. The van der Waals surface area contributed by atoms with Gasteiger partial charge in [-0.2, -0.15) is 0 Å². The van der Waals surface area contributed by atoms with Gasteiger partial charge in [-0.3, -0.25) is 9.29 Å². The summed E-state index contributed by atoms with van der Waals surface area (Å²) >= 11 is 0. The molecule has 2 atom stereocenters. The number of carbonyl (C=O) groups is 1. The second-order valence-electron chi connectivity index (χ2n) is 8.84. The number of ether oxygens (including phenoxy) is 2. The maximum atomic E-state index is 13.7. The number of aliphatic hydroxyl groups excluding tert-OH is 1. The van der Waals surface area contributed by atoms with E-state index in [1.54, 1.807) is 73.9 Å². The largest absolute Gasteiger partial charge is 0.482 e. The number of nitrogens with zero attached hydrogens (tertiary/aromatic N) is 2. The zero-order chi connectivity index (χ0) is 26.4. The molecule has 0 radical (unpaired) electrons. The van der Waals surface area contributed by atoms with E-state index in [0.29, 0.717) is 23.4 Å². The van der Waals surface area contributed by atoms with E-state index in [2.05, 4.69) is 10.3 Å². The lowest BCUT2D eigenvalue weighted by Crippen LogP contribution is -2.49. The molecule has 2 N–H and O–H groups in total. The Hall–Kier alpha value is -3.47. The van der Waals surface area contributed by atoms with E-state index in [9.17, 15) is 18.3 Å². The number of nitrogens with one attached hydrogen (secondary N) is 1. The summed E-state index contributed by atoms with van der Waals surface area (Å²) in [5.41, 5.74) is 2.93. The van der Waals surface area contributed by atoms with Crippen LogP contribution < -0.4 is 14.4 Å². The summed E-state index contributed by atoms with van der Waals surface area (Å²) < 4.78 is 39.3. The Bertz CT molecular complexity index is 1320. The molecule has 0 bridgehead atoms. The number of hydrogen-bond donors (Lipinski definition) is 2. The Kier molecular flexibility index (Phi) is 8.42. The first-order chi connectivity index (χ1) is 17.8. The van der Waals surface area contributed by atoms with Crippen LogP contribution in [0.4, 0.5) is 5.69 Å². The fourth-order valence-electron chi connectivity index (χ4n) is 4.20. The van der Waals surface area contributed by atoms with Gasteiger partial charge in [0.1, 0.15) is 5.75 Å². The fourth-order valence-corrected chi connectivity index (χ4v) is 5.75. The smallest absolute Gasteiger partial charge is 0.344 e. The molecular weight excluding hydrogens is 494 g/mol. The molecule has 1 aromatic heterocycles. The Morgan fingerprint density at radius 2 is 2.00 bits per heavy atom. The SMILES string of the molecule is CCOC(=O)COc1ccc2c(c1)CC(NC[C@H](O)c1cccnc1)CN2S(=O)(=O)c1ccc(C)cc1. The van der Waals surface area contributed by atoms with Crippen molar-refractivity contribution in [2.45, 2.75) is 37.3 Å². The third kappa shape index (κ3) is 6.46. The van der Waals surface area contributed by atoms with Crippen LogP contribution in [0.25, 0.3) is 0 Å². The zero-order valence-corrected chi connectivity index (χ0v) is 21.6. The molecule has 4 rings (SSSR count). The number of pyridine rings is 1.